The van der Waals surface area contributed by atoms with Crippen molar-refractivity contribution in [3.63, 3.8) is 0 Å². The summed E-state index contributed by atoms with van der Waals surface area (Å²) in [6.45, 7) is 2.18. The van der Waals surface area contributed by atoms with E-state index < -0.39 is 0 Å². The van der Waals surface area contributed by atoms with Crippen LogP contribution in [0.3, 0.4) is 0 Å². The normalized spacial score (nSPS) is 15.6. The summed E-state index contributed by atoms with van der Waals surface area (Å²) >= 11 is 1.03. The lowest BCUT2D eigenvalue weighted by Gasteiger charge is -2.09. The van der Waals surface area contributed by atoms with Crippen molar-refractivity contribution >= 4 is 45.8 Å². The third kappa shape index (κ3) is 5.26. The first-order chi connectivity index (χ1) is 17.5. The SMILES string of the molecule is CC=Nc1ccc(Oc2ccc3nc(COc4ccc(CC5SC(=O)NC5=O)cc4)n(C)c3c2)cc1. The highest BCUT2D eigenvalue weighted by Gasteiger charge is 2.31. The molecule has 3 aromatic carbocycles. The highest BCUT2D eigenvalue weighted by Crippen LogP contribution is 2.28. The number of rotatable bonds is 8. The molecular formula is C27H24N4O4S. The van der Waals surface area contributed by atoms with Gasteiger partial charge in [-0.2, -0.15) is 0 Å². The second-order valence-corrected chi connectivity index (χ2v) is 9.42. The van der Waals surface area contributed by atoms with Gasteiger partial charge >= 0.3 is 0 Å². The van der Waals surface area contributed by atoms with Crippen molar-refractivity contribution in [1.29, 1.82) is 0 Å². The predicted octanol–water partition coefficient (Wildman–Crippen LogP) is 5.56. The number of imidazole rings is 1. The van der Waals surface area contributed by atoms with Crippen molar-refractivity contribution in [3.05, 3.63) is 78.1 Å². The number of hydrogen-bond donors (Lipinski definition) is 1. The van der Waals surface area contributed by atoms with Gasteiger partial charge in [0, 0.05) is 19.3 Å². The number of aryl methyl sites for hydroxylation is 1. The van der Waals surface area contributed by atoms with E-state index >= 15 is 0 Å². The third-order valence-corrected chi connectivity index (χ3v) is 6.76. The molecule has 1 aliphatic rings. The zero-order valence-corrected chi connectivity index (χ0v) is 20.6. The highest BCUT2D eigenvalue weighted by molar-refractivity contribution is 8.15. The molecule has 0 bridgehead atoms. The van der Waals surface area contributed by atoms with Crippen LogP contribution in [0.2, 0.25) is 0 Å². The lowest BCUT2D eigenvalue weighted by Crippen LogP contribution is -2.25. The monoisotopic (exact) mass is 500 g/mol. The molecule has 9 heteroatoms. The lowest BCUT2D eigenvalue weighted by atomic mass is 10.1. The molecule has 1 unspecified atom stereocenters. The molecule has 5 rings (SSSR count). The van der Waals surface area contributed by atoms with E-state index in [1.807, 2.05) is 85.3 Å². The summed E-state index contributed by atoms with van der Waals surface area (Å²) in [7, 11) is 1.95. The van der Waals surface area contributed by atoms with E-state index in [9.17, 15) is 9.59 Å². The Bertz CT molecular complexity index is 1450. The van der Waals surface area contributed by atoms with Crippen LogP contribution >= 0.6 is 11.8 Å². The van der Waals surface area contributed by atoms with Gasteiger partial charge in [-0.05, 0) is 67.4 Å². The molecule has 2 heterocycles. The van der Waals surface area contributed by atoms with Gasteiger partial charge in [0.15, 0.2) is 0 Å². The molecule has 182 valence electrons. The summed E-state index contributed by atoms with van der Waals surface area (Å²) in [5.74, 6) is 2.70. The van der Waals surface area contributed by atoms with Gasteiger partial charge in [-0.15, -0.1) is 0 Å². The van der Waals surface area contributed by atoms with Gasteiger partial charge in [0.05, 0.1) is 22.0 Å². The van der Waals surface area contributed by atoms with Gasteiger partial charge in [-0.25, -0.2) is 4.98 Å². The van der Waals surface area contributed by atoms with E-state index in [0.717, 1.165) is 51.4 Å². The van der Waals surface area contributed by atoms with Crippen LogP contribution in [0.25, 0.3) is 11.0 Å². The Kier molecular flexibility index (Phi) is 6.73. The molecule has 2 amide bonds. The van der Waals surface area contributed by atoms with E-state index in [1.165, 1.54) is 0 Å². The van der Waals surface area contributed by atoms with E-state index in [-0.39, 0.29) is 16.4 Å². The van der Waals surface area contributed by atoms with Crippen LogP contribution in [0.4, 0.5) is 10.5 Å². The number of thioether (sulfide) groups is 1. The summed E-state index contributed by atoms with van der Waals surface area (Å²) in [4.78, 5) is 32.1. The van der Waals surface area contributed by atoms with Crippen LogP contribution in [0.1, 0.15) is 18.3 Å². The van der Waals surface area contributed by atoms with Gasteiger partial charge in [0.2, 0.25) is 5.91 Å². The van der Waals surface area contributed by atoms with Crippen molar-refractivity contribution in [2.45, 2.75) is 25.2 Å². The fraction of sp³-hybridized carbons (Fsp3) is 0.185. The molecule has 1 saturated heterocycles. The zero-order valence-electron chi connectivity index (χ0n) is 19.8. The molecule has 4 aromatic rings. The van der Waals surface area contributed by atoms with Crippen LogP contribution in [0.15, 0.2) is 71.7 Å². The Morgan fingerprint density at radius 1 is 1.03 bits per heavy atom. The quantitative estimate of drug-likeness (QED) is 0.318. The van der Waals surface area contributed by atoms with Crippen molar-refractivity contribution in [1.82, 2.24) is 14.9 Å². The number of imide groups is 1. The minimum atomic E-state index is -0.382. The average molecular weight is 501 g/mol. The minimum absolute atomic E-state index is 0.236. The first-order valence-corrected chi connectivity index (χ1v) is 12.3. The summed E-state index contributed by atoms with van der Waals surface area (Å²) in [5, 5.41) is 1.64. The minimum Gasteiger partial charge on any atom is -0.486 e. The smallest absolute Gasteiger partial charge is 0.286 e. The number of carbonyl (C=O) groups excluding carboxylic acids is 2. The Morgan fingerprint density at radius 3 is 2.44 bits per heavy atom. The Labute approximate surface area is 212 Å². The van der Waals surface area contributed by atoms with Crippen LogP contribution in [-0.4, -0.2) is 32.2 Å². The summed E-state index contributed by atoms with van der Waals surface area (Å²) in [5.41, 5.74) is 3.64. The van der Waals surface area contributed by atoms with Gasteiger partial charge in [0.1, 0.15) is 29.7 Å². The number of nitrogens with one attached hydrogen (secondary N) is 1. The van der Waals surface area contributed by atoms with Crippen molar-refractivity contribution in [2.75, 3.05) is 0 Å². The lowest BCUT2D eigenvalue weighted by molar-refractivity contribution is -0.118. The standard InChI is InChI=1S/C27H24N4O4S/c1-3-28-18-6-10-20(11-7-18)35-21-12-13-22-23(15-21)31(2)25(29-22)16-34-19-8-4-17(5-9-19)14-24-26(32)30-27(33)36-24/h3-13,15,24H,14,16H2,1-2H3,(H,30,32,33). The number of fused-ring (bicyclic) bond motifs is 1. The van der Waals surface area contributed by atoms with E-state index in [4.69, 9.17) is 14.5 Å². The van der Waals surface area contributed by atoms with Crippen LogP contribution in [0, 0.1) is 0 Å². The molecule has 0 radical (unpaired) electrons. The number of aliphatic imine (C=N–C) groups is 1. The highest BCUT2D eigenvalue weighted by atomic mass is 32.2. The first kappa shape index (κ1) is 23.6. The predicted molar refractivity (Wildman–Crippen MR) is 140 cm³/mol. The Morgan fingerprint density at radius 2 is 1.75 bits per heavy atom. The van der Waals surface area contributed by atoms with Crippen molar-refractivity contribution in [2.24, 2.45) is 12.0 Å². The molecule has 1 fully saturated rings. The molecule has 36 heavy (non-hydrogen) atoms. The van der Waals surface area contributed by atoms with E-state index in [0.29, 0.717) is 18.8 Å². The fourth-order valence-electron chi connectivity index (χ4n) is 3.91. The summed E-state index contributed by atoms with van der Waals surface area (Å²) in [6.07, 6.45) is 2.25. The summed E-state index contributed by atoms with van der Waals surface area (Å²) < 4.78 is 14.0. The van der Waals surface area contributed by atoms with Crippen LogP contribution in [-0.2, 0) is 24.9 Å². The van der Waals surface area contributed by atoms with Gasteiger partial charge in [-0.3, -0.25) is 19.9 Å². The van der Waals surface area contributed by atoms with E-state index in [1.54, 1.807) is 6.21 Å². The summed E-state index contributed by atoms with van der Waals surface area (Å²) in [6, 6.07) is 20.9. The van der Waals surface area contributed by atoms with Crippen LogP contribution in [0.5, 0.6) is 17.2 Å². The van der Waals surface area contributed by atoms with Gasteiger partial charge in [-0.1, -0.05) is 23.9 Å². The molecule has 8 nitrogen and oxygen atoms in total. The number of benzene rings is 3. The molecule has 1 aliphatic heterocycles. The maximum absolute atomic E-state index is 11.8. The molecular weight excluding hydrogens is 476 g/mol. The Hall–Kier alpha value is -4.11. The van der Waals surface area contributed by atoms with Crippen molar-refractivity contribution < 1.29 is 19.1 Å². The molecule has 0 aliphatic carbocycles. The number of ether oxygens (including phenoxy) is 2. The largest absolute Gasteiger partial charge is 0.486 e. The number of aromatic nitrogens is 2. The maximum atomic E-state index is 11.8. The number of hydrogen-bond acceptors (Lipinski definition) is 7. The van der Waals surface area contributed by atoms with Crippen molar-refractivity contribution in [3.8, 4) is 17.2 Å². The van der Waals surface area contributed by atoms with Gasteiger partial charge < -0.3 is 14.0 Å². The Balaban J connectivity index is 1.23. The first-order valence-electron chi connectivity index (χ1n) is 11.4. The number of carbonyl (C=O) groups is 2. The molecule has 1 aromatic heterocycles. The topological polar surface area (TPSA) is 94.8 Å². The number of amides is 2. The molecule has 1 atom stereocenters. The fourth-order valence-corrected chi connectivity index (χ4v) is 4.77. The van der Waals surface area contributed by atoms with E-state index in [2.05, 4.69) is 10.3 Å². The molecule has 1 N–H and O–H groups in total. The second kappa shape index (κ2) is 10.2. The van der Waals surface area contributed by atoms with Crippen LogP contribution < -0.4 is 14.8 Å². The maximum Gasteiger partial charge on any atom is 0.286 e. The third-order valence-electron chi connectivity index (χ3n) is 5.77. The number of nitrogens with zero attached hydrogens (tertiary/aromatic N) is 3. The van der Waals surface area contributed by atoms with Gasteiger partial charge in [0.25, 0.3) is 5.24 Å². The molecule has 0 spiro atoms. The zero-order chi connectivity index (χ0) is 25.1. The second-order valence-electron chi connectivity index (χ2n) is 8.24. The molecule has 0 saturated carbocycles. The average Bonchev–Trinajstić information content (AvgIpc) is 3.37.